The minimum atomic E-state index is -0.627. The molecule has 128 valence electrons. The summed E-state index contributed by atoms with van der Waals surface area (Å²) in [5, 5.41) is 4.15. The smallest absolute Gasteiger partial charge is 0.237 e. The quantitative estimate of drug-likeness (QED) is 0.845. The first-order valence-electron chi connectivity index (χ1n) is 7.59. The van der Waals surface area contributed by atoms with Crippen LogP contribution in [0.3, 0.4) is 0 Å². The van der Waals surface area contributed by atoms with E-state index in [-0.39, 0.29) is 24.4 Å². The lowest BCUT2D eigenvalue weighted by molar-refractivity contribution is -0.123. The third-order valence-electron chi connectivity index (χ3n) is 4.19. The average molecular weight is 386 g/mol. The van der Waals surface area contributed by atoms with E-state index < -0.39 is 6.04 Å². The lowest BCUT2D eigenvalue weighted by atomic mass is 10.1. The first-order valence-corrected chi connectivity index (χ1v) is 8.35. The van der Waals surface area contributed by atoms with Crippen LogP contribution in [0.5, 0.6) is 0 Å². The van der Waals surface area contributed by atoms with Gasteiger partial charge in [-0.2, -0.15) is 0 Å². The largest absolute Gasteiger partial charge is 0.351 e. The minimum Gasteiger partial charge on any atom is -0.351 e. The Hall–Kier alpha value is -1.26. The van der Waals surface area contributed by atoms with Crippen molar-refractivity contribution < 1.29 is 4.79 Å². The molecule has 0 bridgehead atoms. The highest BCUT2D eigenvalue weighted by Gasteiger charge is 2.24. The van der Waals surface area contributed by atoms with Gasteiger partial charge in [-0.05, 0) is 48.1 Å². The molecule has 2 aromatic rings. The molecule has 0 unspecified atom stereocenters. The summed E-state index contributed by atoms with van der Waals surface area (Å²) in [5.41, 5.74) is 9.46. The van der Waals surface area contributed by atoms with E-state index in [2.05, 4.69) is 17.4 Å². The van der Waals surface area contributed by atoms with E-state index in [0.717, 1.165) is 18.4 Å². The number of carbonyl (C=O) groups excluding carboxylic acids is 1. The third-order valence-corrected chi connectivity index (χ3v) is 4.78. The lowest BCUT2D eigenvalue weighted by Gasteiger charge is -2.17. The summed E-state index contributed by atoms with van der Waals surface area (Å²) in [7, 11) is 0. The van der Waals surface area contributed by atoms with Crippen molar-refractivity contribution in [3.63, 3.8) is 0 Å². The second-order valence-corrected chi connectivity index (χ2v) is 6.77. The van der Waals surface area contributed by atoms with Crippen molar-refractivity contribution in [1.29, 1.82) is 0 Å². The topological polar surface area (TPSA) is 55.1 Å². The monoisotopic (exact) mass is 384 g/mol. The predicted molar refractivity (Wildman–Crippen MR) is 101 cm³/mol. The van der Waals surface area contributed by atoms with E-state index in [1.54, 1.807) is 12.1 Å². The fourth-order valence-corrected chi connectivity index (χ4v) is 3.47. The zero-order chi connectivity index (χ0) is 16.4. The normalized spacial score (nSPS) is 14.6. The van der Waals surface area contributed by atoms with E-state index >= 15 is 0 Å². The van der Waals surface area contributed by atoms with Gasteiger partial charge in [0.25, 0.3) is 0 Å². The Morgan fingerprint density at radius 2 is 1.79 bits per heavy atom. The summed E-state index contributed by atoms with van der Waals surface area (Å²) in [6, 6.07) is 13.0. The number of nitrogens with one attached hydrogen (secondary N) is 1. The van der Waals surface area contributed by atoms with Crippen LogP contribution in [0.25, 0.3) is 0 Å². The highest BCUT2D eigenvalue weighted by molar-refractivity contribution is 6.35. The molecule has 0 spiro atoms. The van der Waals surface area contributed by atoms with Crippen LogP contribution in [-0.4, -0.2) is 18.0 Å². The van der Waals surface area contributed by atoms with Crippen LogP contribution in [0.4, 0.5) is 0 Å². The van der Waals surface area contributed by atoms with Gasteiger partial charge in [0.15, 0.2) is 0 Å². The number of amides is 1. The van der Waals surface area contributed by atoms with E-state index in [0.29, 0.717) is 16.5 Å². The van der Waals surface area contributed by atoms with Crippen LogP contribution in [0.2, 0.25) is 10.0 Å². The van der Waals surface area contributed by atoms with Crippen molar-refractivity contribution in [3.05, 3.63) is 69.2 Å². The zero-order valence-electron chi connectivity index (χ0n) is 13.0. The summed E-state index contributed by atoms with van der Waals surface area (Å²) in [6.45, 7) is 0. The van der Waals surface area contributed by atoms with Gasteiger partial charge < -0.3 is 11.1 Å². The average Bonchev–Trinajstić information content (AvgIpc) is 2.92. The molecule has 1 aliphatic rings. The van der Waals surface area contributed by atoms with Crippen molar-refractivity contribution in [1.82, 2.24) is 5.32 Å². The van der Waals surface area contributed by atoms with Crippen molar-refractivity contribution in [2.45, 2.75) is 31.3 Å². The highest BCUT2D eigenvalue weighted by atomic mass is 35.5. The Labute approximate surface area is 157 Å². The van der Waals surface area contributed by atoms with Crippen LogP contribution in [-0.2, 0) is 24.1 Å². The van der Waals surface area contributed by atoms with Gasteiger partial charge in [-0.3, -0.25) is 4.79 Å². The van der Waals surface area contributed by atoms with Crippen molar-refractivity contribution in [2.24, 2.45) is 5.73 Å². The van der Waals surface area contributed by atoms with Crippen molar-refractivity contribution >= 4 is 41.5 Å². The molecule has 0 aromatic heterocycles. The molecule has 0 saturated carbocycles. The van der Waals surface area contributed by atoms with E-state index in [1.807, 2.05) is 18.2 Å². The molecule has 3 rings (SSSR count). The Bertz CT molecular complexity index is 711. The summed E-state index contributed by atoms with van der Waals surface area (Å²) >= 11 is 12.0. The van der Waals surface area contributed by atoms with E-state index in [4.69, 9.17) is 28.9 Å². The molecule has 0 radical (unpaired) electrons. The second kappa shape index (κ2) is 8.21. The number of rotatable bonds is 4. The van der Waals surface area contributed by atoms with Crippen LogP contribution < -0.4 is 11.1 Å². The zero-order valence-corrected chi connectivity index (χ0v) is 15.3. The number of benzene rings is 2. The fourth-order valence-electron chi connectivity index (χ4n) is 2.99. The third kappa shape index (κ3) is 4.42. The summed E-state index contributed by atoms with van der Waals surface area (Å²) < 4.78 is 0. The van der Waals surface area contributed by atoms with Crippen molar-refractivity contribution in [3.8, 4) is 0 Å². The van der Waals surface area contributed by atoms with E-state index in [9.17, 15) is 4.79 Å². The fraction of sp³-hybridized carbons (Fsp3) is 0.278. The minimum absolute atomic E-state index is 0. The molecule has 24 heavy (non-hydrogen) atoms. The maximum Gasteiger partial charge on any atom is 0.237 e. The molecule has 6 heteroatoms. The molecular weight excluding hydrogens is 367 g/mol. The lowest BCUT2D eigenvalue weighted by Crippen LogP contribution is -2.46. The van der Waals surface area contributed by atoms with Crippen LogP contribution in [0.15, 0.2) is 42.5 Å². The molecule has 0 aliphatic heterocycles. The van der Waals surface area contributed by atoms with Gasteiger partial charge >= 0.3 is 0 Å². The second-order valence-electron chi connectivity index (χ2n) is 5.93. The SMILES string of the molecule is Cl.N[C@H](Cc1ccc(Cl)cc1Cl)C(=O)NC1Cc2ccccc2C1. The van der Waals surface area contributed by atoms with Gasteiger partial charge in [0, 0.05) is 16.1 Å². The molecular formula is C18H19Cl3N2O. The van der Waals surface area contributed by atoms with Gasteiger partial charge in [0.05, 0.1) is 6.04 Å². The molecule has 0 fully saturated rings. The van der Waals surface area contributed by atoms with Gasteiger partial charge in [-0.25, -0.2) is 0 Å². The molecule has 0 heterocycles. The van der Waals surface area contributed by atoms with Gasteiger partial charge in [0.1, 0.15) is 0 Å². The number of fused-ring (bicyclic) bond motifs is 1. The molecule has 1 aliphatic carbocycles. The molecule has 3 nitrogen and oxygen atoms in total. The van der Waals surface area contributed by atoms with Crippen LogP contribution in [0, 0.1) is 0 Å². The first kappa shape index (κ1) is 19.1. The molecule has 2 aromatic carbocycles. The maximum atomic E-state index is 12.3. The number of hydrogen-bond acceptors (Lipinski definition) is 2. The number of hydrogen-bond donors (Lipinski definition) is 2. The van der Waals surface area contributed by atoms with E-state index in [1.165, 1.54) is 11.1 Å². The van der Waals surface area contributed by atoms with Crippen LogP contribution >= 0.6 is 35.6 Å². The Morgan fingerprint density at radius 1 is 1.17 bits per heavy atom. The maximum absolute atomic E-state index is 12.3. The predicted octanol–water partition coefficient (Wildman–Crippen LogP) is 3.57. The Morgan fingerprint density at radius 3 is 2.38 bits per heavy atom. The molecule has 1 atom stereocenters. The summed E-state index contributed by atoms with van der Waals surface area (Å²) in [5.74, 6) is -0.145. The Balaban J connectivity index is 0.00000208. The molecule has 0 saturated heterocycles. The Kier molecular flexibility index (Phi) is 6.53. The van der Waals surface area contributed by atoms with Gasteiger partial charge in [0.2, 0.25) is 5.91 Å². The van der Waals surface area contributed by atoms with Gasteiger partial charge in [-0.1, -0.05) is 53.5 Å². The van der Waals surface area contributed by atoms with Crippen molar-refractivity contribution in [2.75, 3.05) is 0 Å². The van der Waals surface area contributed by atoms with Crippen LogP contribution in [0.1, 0.15) is 16.7 Å². The molecule has 3 N–H and O–H groups in total. The number of nitrogens with two attached hydrogens (primary N) is 1. The summed E-state index contributed by atoms with van der Waals surface area (Å²) in [4.78, 5) is 12.3. The standard InChI is InChI=1S/C18H18Cl2N2O.ClH/c19-14-6-5-13(16(20)10-14)9-17(21)18(23)22-15-7-11-3-1-2-4-12(11)8-15;/h1-6,10,15,17H,7-9,21H2,(H,22,23);1H/t17-;/m1./s1. The first-order chi connectivity index (χ1) is 11.0. The van der Waals surface area contributed by atoms with Gasteiger partial charge in [-0.15, -0.1) is 12.4 Å². The number of halogens is 3. The summed E-state index contributed by atoms with van der Waals surface area (Å²) in [6.07, 6.45) is 2.11. The molecule has 1 amide bonds. The number of carbonyl (C=O) groups is 1. The highest BCUT2D eigenvalue weighted by Crippen LogP contribution is 2.23.